The quantitative estimate of drug-likeness (QED) is 0.519. The van der Waals surface area contributed by atoms with Crippen LogP contribution in [-0.2, 0) is 16.6 Å². The molecule has 1 heterocycles. The molecule has 0 saturated heterocycles. The molecule has 1 N–H and O–H groups in total. The average Bonchev–Trinajstić information content (AvgIpc) is 2.74. The Morgan fingerprint density at radius 2 is 1.58 bits per heavy atom. The number of aromatic nitrogens is 2. The number of fused-ring (bicyclic) bond motifs is 1. The molecule has 0 spiro atoms. The van der Waals surface area contributed by atoms with Gasteiger partial charge in [0.1, 0.15) is 5.82 Å². The first kappa shape index (κ1) is 21.0. The topological polar surface area (TPSA) is 81.1 Å². The van der Waals surface area contributed by atoms with Crippen molar-refractivity contribution in [2.24, 2.45) is 0 Å². The van der Waals surface area contributed by atoms with Gasteiger partial charge in [0.25, 0.3) is 5.56 Å². The van der Waals surface area contributed by atoms with Gasteiger partial charge >= 0.3 is 0 Å². The van der Waals surface area contributed by atoms with Crippen LogP contribution >= 0.6 is 0 Å². The van der Waals surface area contributed by atoms with E-state index in [1.807, 2.05) is 39.0 Å². The molecular formula is C24H23N3O3S. The highest BCUT2D eigenvalue weighted by Gasteiger charge is 2.18. The van der Waals surface area contributed by atoms with Gasteiger partial charge in [-0.1, -0.05) is 47.5 Å². The summed E-state index contributed by atoms with van der Waals surface area (Å²) in [5.41, 5.74) is 3.92. The molecule has 0 atom stereocenters. The third-order valence-corrected chi connectivity index (χ3v) is 6.61. The summed E-state index contributed by atoms with van der Waals surface area (Å²) < 4.78 is 29.7. The van der Waals surface area contributed by atoms with E-state index in [-0.39, 0.29) is 17.0 Å². The predicted molar refractivity (Wildman–Crippen MR) is 122 cm³/mol. The largest absolute Gasteiger partial charge is 0.268 e. The molecule has 0 bridgehead atoms. The van der Waals surface area contributed by atoms with Crippen molar-refractivity contribution in [2.75, 3.05) is 0 Å². The molecule has 6 nitrogen and oxygen atoms in total. The van der Waals surface area contributed by atoms with E-state index in [1.165, 1.54) is 4.57 Å². The fourth-order valence-corrected chi connectivity index (χ4v) is 4.54. The fraction of sp³-hybridized carbons (Fsp3) is 0.167. The zero-order valence-corrected chi connectivity index (χ0v) is 18.4. The number of rotatable bonds is 5. The molecule has 3 aromatic carbocycles. The Labute approximate surface area is 181 Å². The Balaban J connectivity index is 1.83. The minimum Gasteiger partial charge on any atom is -0.268 e. The number of hydrogen-bond acceptors (Lipinski definition) is 4. The van der Waals surface area contributed by atoms with Crippen LogP contribution in [0.5, 0.6) is 0 Å². The molecule has 4 rings (SSSR count). The normalized spacial score (nSPS) is 11.7. The zero-order chi connectivity index (χ0) is 22.2. The fourth-order valence-electron chi connectivity index (χ4n) is 3.56. The SMILES string of the molecule is Cc1ccc(S(=O)(=O)NCc2nc3ccccc3c(=O)n2-c2ccc(C)cc2C)cc1. The van der Waals surface area contributed by atoms with Gasteiger partial charge in [-0.3, -0.25) is 9.36 Å². The summed E-state index contributed by atoms with van der Waals surface area (Å²) in [7, 11) is -3.76. The van der Waals surface area contributed by atoms with Crippen LogP contribution in [0.25, 0.3) is 16.6 Å². The van der Waals surface area contributed by atoms with Gasteiger partial charge in [-0.25, -0.2) is 18.1 Å². The molecule has 0 saturated carbocycles. The molecule has 158 valence electrons. The maximum Gasteiger partial charge on any atom is 0.266 e. The number of benzene rings is 3. The highest BCUT2D eigenvalue weighted by atomic mass is 32.2. The Bertz CT molecular complexity index is 1440. The molecule has 0 aliphatic rings. The monoisotopic (exact) mass is 433 g/mol. The second-order valence-corrected chi connectivity index (χ2v) is 9.38. The maximum atomic E-state index is 13.4. The third kappa shape index (κ3) is 4.15. The summed E-state index contributed by atoms with van der Waals surface area (Å²) in [6.07, 6.45) is 0. The van der Waals surface area contributed by atoms with E-state index in [9.17, 15) is 13.2 Å². The molecule has 0 aliphatic carbocycles. The van der Waals surface area contributed by atoms with E-state index in [2.05, 4.69) is 9.71 Å². The summed E-state index contributed by atoms with van der Waals surface area (Å²) in [5.74, 6) is 0.325. The average molecular weight is 434 g/mol. The van der Waals surface area contributed by atoms with Crippen molar-refractivity contribution in [3.8, 4) is 5.69 Å². The molecule has 7 heteroatoms. The van der Waals surface area contributed by atoms with Crippen LogP contribution in [0.2, 0.25) is 0 Å². The van der Waals surface area contributed by atoms with Crippen molar-refractivity contribution >= 4 is 20.9 Å². The Morgan fingerprint density at radius 3 is 2.29 bits per heavy atom. The van der Waals surface area contributed by atoms with Gasteiger partial charge in [-0.15, -0.1) is 0 Å². The molecule has 31 heavy (non-hydrogen) atoms. The predicted octanol–water partition coefficient (Wildman–Crippen LogP) is 3.79. The van der Waals surface area contributed by atoms with Crippen LogP contribution in [0.15, 0.2) is 76.4 Å². The smallest absolute Gasteiger partial charge is 0.266 e. The number of hydrogen-bond donors (Lipinski definition) is 1. The molecule has 0 radical (unpaired) electrons. The maximum absolute atomic E-state index is 13.4. The van der Waals surface area contributed by atoms with Crippen molar-refractivity contribution < 1.29 is 8.42 Å². The molecule has 4 aromatic rings. The lowest BCUT2D eigenvalue weighted by molar-refractivity contribution is 0.578. The molecule has 0 aliphatic heterocycles. The zero-order valence-electron chi connectivity index (χ0n) is 17.6. The lowest BCUT2D eigenvalue weighted by Crippen LogP contribution is -2.30. The first-order valence-corrected chi connectivity index (χ1v) is 11.4. The van der Waals surface area contributed by atoms with Gasteiger partial charge in [0.05, 0.1) is 28.0 Å². The van der Waals surface area contributed by atoms with Gasteiger partial charge in [0, 0.05) is 0 Å². The van der Waals surface area contributed by atoms with E-state index in [4.69, 9.17) is 0 Å². The number of sulfonamides is 1. The van der Waals surface area contributed by atoms with Crippen molar-refractivity contribution in [3.63, 3.8) is 0 Å². The summed E-state index contributed by atoms with van der Waals surface area (Å²) in [4.78, 5) is 18.2. The summed E-state index contributed by atoms with van der Waals surface area (Å²) >= 11 is 0. The van der Waals surface area contributed by atoms with E-state index < -0.39 is 10.0 Å². The third-order valence-electron chi connectivity index (χ3n) is 5.19. The van der Waals surface area contributed by atoms with Crippen LogP contribution < -0.4 is 10.3 Å². The number of para-hydroxylation sites is 1. The molecule has 0 unspecified atom stereocenters. The number of nitrogens with one attached hydrogen (secondary N) is 1. The van der Waals surface area contributed by atoms with Gasteiger partial charge in [0.15, 0.2) is 0 Å². The van der Waals surface area contributed by atoms with Gasteiger partial charge < -0.3 is 0 Å². The van der Waals surface area contributed by atoms with Crippen LogP contribution in [0.1, 0.15) is 22.5 Å². The lowest BCUT2D eigenvalue weighted by atomic mass is 10.1. The summed E-state index contributed by atoms with van der Waals surface area (Å²) in [6, 6.07) is 19.4. The Morgan fingerprint density at radius 1 is 0.903 bits per heavy atom. The second kappa shape index (κ2) is 8.09. The highest BCUT2D eigenvalue weighted by Crippen LogP contribution is 2.18. The highest BCUT2D eigenvalue weighted by molar-refractivity contribution is 7.89. The summed E-state index contributed by atoms with van der Waals surface area (Å²) in [6.45, 7) is 5.67. The van der Waals surface area contributed by atoms with Gasteiger partial charge in [-0.05, 0) is 56.7 Å². The van der Waals surface area contributed by atoms with Crippen LogP contribution in [0, 0.1) is 20.8 Å². The van der Waals surface area contributed by atoms with Gasteiger partial charge in [-0.2, -0.15) is 0 Å². The minimum atomic E-state index is -3.76. The second-order valence-electron chi connectivity index (χ2n) is 7.61. The van der Waals surface area contributed by atoms with Crippen molar-refractivity contribution in [1.29, 1.82) is 0 Å². The molecule has 1 aromatic heterocycles. The Kier molecular flexibility index (Phi) is 5.47. The molecule has 0 fully saturated rings. The molecular weight excluding hydrogens is 410 g/mol. The van der Waals surface area contributed by atoms with Crippen LogP contribution in [0.4, 0.5) is 0 Å². The Hall–Kier alpha value is -3.29. The first-order valence-electron chi connectivity index (χ1n) is 9.91. The van der Waals surface area contributed by atoms with Crippen LogP contribution in [-0.4, -0.2) is 18.0 Å². The van der Waals surface area contributed by atoms with E-state index in [0.717, 1.165) is 16.7 Å². The molecule has 0 amide bonds. The standard InChI is InChI=1S/C24H23N3O3S/c1-16-8-11-19(12-9-16)31(29,30)25-15-23-26-21-7-5-4-6-20(21)24(28)27(23)22-13-10-17(2)14-18(22)3/h4-14,25H,15H2,1-3H3. The van der Waals surface area contributed by atoms with Crippen molar-refractivity contribution in [2.45, 2.75) is 32.2 Å². The van der Waals surface area contributed by atoms with Gasteiger partial charge in [0.2, 0.25) is 10.0 Å². The van der Waals surface area contributed by atoms with E-state index in [0.29, 0.717) is 22.4 Å². The van der Waals surface area contributed by atoms with E-state index in [1.54, 1.807) is 48.5 Å². The first-order chi connectivity index (χ1) is 14.8. The summed E-state index contributed by atoms with van der Waals surface area (Å²) in [5, 5.41) is 0.479. The van der Waals surface area contributed by atoms with Crippen molar-refractivity contribution in [3.05, 3.63) is 99.6 Å². The minimum absolute atomic E-state index is 0.121. The van der Waals surface area contributed by atoms with Crippen LogP contribution in [0.3, 0.4) is 0 Å². The lowest BCUT2D eigenvalue weighted by Gasteiger charge is -2.16. The number of nitrogens with zero attached hydrogens (tertiary/aromatic N) is 2. The van der Waals surface area contributed by atoms with E-state index >= 15 is 0 Å². The van der Waals surface area contributed by atoms with Crippen molar-refractivity contribution in [1.82, 2.24) is 14.3 Å². The number of aryl methyl sites for hydroxylation is 3.